The molecule has 7 nitrogen and oxygen atoms in total. The summed E-state index contributed by atoms with van der Waals surface area (Å²) >= 11 is 0. The lowest BCUT2D eigenvalue weighted by molar-refractivity contribution is -0.153. The summed E-state index contributed by atoms with van der Waals surface area (Å²) in [6.45, 7) is 7.64. The minimum atomic E-state index is -0.880. The van der Waals surface area contributed by atoms with Gasteiger partial charge in [0.05, 0.1) is 23.7 Å². The van der Waals surface area contributed by atoms with E-state index >= 15 is 0 Å². The van der Waals surface area contributed by atoms with Gasteiger partial charge in [0.15, 0.2) is 6.10 Å². The molecule has 1 aromatic carbocycles. The van der Waals surface area contributed by atoms with Crippen LogP contribution in [0.3, 0.4) is 0 Å². The monoisotopic (exact) mass is 373 g/mol. The summed E-state index contributed by atoms with van der Waals surface area (Å²) in [7, 11) is 1.81. The molecule has 0 unspecified atom stereocenters. The van der Waals surface area contributed by atoms with Crippen LogP contribution >= 0.6 is 0 Å². The van der Waals surface area contributed by atoms with Crippen molar-refractivity contribution in [2.45, 2.75) is 46.6 Å². The number of hydrogen-bond acceptors (Lipinski definition) is 5. The molecule has 0 spiro atoms. The molecule has 0 aliphatic heterocycles. The minimum absolute atomic E-state index is 0.189. The van der Waals surface area contributed by atoms with Gasteiger partial charge in [-0.3, -0.25) is 14.3 Å². The third-order valence-corrected chi connectivity index (χ3v) is 4.25. The molecule has 1 N–H and O–H groups in total. The van der Waals surface area contributed by atoms with Crippen molar-refractivity contribution in [3.8, 4) is 5.75 Å². The van der Waals surface area contributed by atoms with Crippen LogP contribution in [-0.4, -0.2) is 34.4 Å². The van der Waals surface area contributed by atoms with Crippen LogP contribution in [0.25, 0.3) is 0 Å². The number of aryl methyl sites for hydroxylation is 3. The fourth-order valence-electron chi connectivity index (χ4n) is 2.53. The summed E-state index contributed by atoms with van der Waals surface area (Å²) in [5.74, 6) is -0.0350. The lowest BCUT2D eigenvalue weighted by Crippen LogP contribution is -2.30. The highest BCUT2D eigenvalue weighted by molar-refractivity contribution is 5.96. The van der Waals surface area contributed by atoms with Gasteiger partial charge in [0.25, 0.3) is 5.91 Å². The van der Waals surface area contributed by atoms with Crippen LogP contribution in [0.1, 0.15) is 36.7 Å². The highest BCUT2D eigenvalue weighted by Gasteiger charge is 2.20. The average Bonchev–Trinajstić information content (AvgIpc) is 2.86. The number of rotatable bonds is 8. The van der Waals surface area contributed by atoms with E-state index in [2.05, 4.69) is 10.4 Å². The van der Waals surface area contributed by atoms with Crippen LogP contribution in [0, 0.1) is 20.8 Å². The van der Waals surface area contributed by atoms with Gasteiger partial charge in [-0.25, -0.2) is 0 Å². The van der Waals surface area contributed by atoms with Crippen molar-refractivity contribution in [2.24, 2.45) is 7.05 Å². The average molecular weight is 373 g/mol. The van der Waals surface area contributed by atoms with Gasteiger partial charge in [-0.1, -0.05) is 17.7 Å². The Labute approximate surface area is 159 Å². The van der Waals surface area contributed by atoms with E-state index in [0.29, 0.717) is 18.7 Å². The van der Waals surface area contributed by atoms with Crippen molar-refractivity contribution >= 4 is 17.6 Å². The van der Waals surface area contributed by atoms with E-state index in [-0.39, 0.29) is 12.3 Å². The van der Waals surface area contributed by atoms with E-state index in [1.807, 2.05) is 45.0 Å². The molecule has 1 atom stereocenters. The summed E-state index contributed by atoms with van der Waals surface area (Å²) in [4.78, 5) is 24.2. The number of esters is 1. The topological polar surface area (TPSA) is 82.4 Å². The Morgan fingerprint density at radius 3 is 2.44 bits per heavy atom. The third kappa shape index (κ3) is 5.84. The Bertz CT molecular complexity index is 796. The molecule has 1 heterocycles. The number of benzene rings is 1. The maximum absolute atomic E-state index is 12.3. The number of carbonyl (C=O) groups excluding carboxylic acids is 2. The summed E-state index contributed by atoms with van der Waals surface area (Å²) in [5.41, 5.74) is 3.37. The van der Waals surface area contributed by atoms with Gasteiger partial charge in [-0.15, -0.1) is 0 Å². The number of nitrogens with zero attached hydrogens (tertiary/aromatic N) is 2. The molecule has 27 heavy (non-hydrogen) atoms. The lowest BCUT2D eigenvalue weighted by Gasteiger charge is -2.14. The minimum Gasteiger partial charge on any atom is -0.494 e. The number of ether oxygens (including phenoxy) is 2. The van der Waals surface area contributed by atoms with Crippen molar-refractivity contribution in [2.75, 3.05) is 11.9 Å². The van der Waals surface area contributed by atoms with Gasteiger partial charge in [-0.05, 0) is 46.2 Å². The Morgan fingerprint density at radius 2 is 1.85 bits per heavy atom. The molecule has 0 aliphatic rings. The number of amides is 1. The van der Waals surface area contributed by atoms with Crippen molar-refractivity contribution < 1.29 is 19.1 Å². The standard InChI is InChI=1S/C20H27N3O4/c1-13-8-10-17(11-9-13)26-12-6-7-18(24)27-16(4)20(25)21-19-14(2)22-23(5)15(19)3/h8-11,16H,6-7,12H2,1-5H3,(H,21,25)/t16-/m1/s1. The normalized spacial score (nSPS) is 11.7. The SMILES string of the molecule is Cc1ccc(OCCCC(=O)O[C@H](C)C(=O)Nc2c(C)nn(C)c2C)cc1. The molecular weight excluding hydrogens is 346 g/mol. The lowest BCUT2D eigenvalue weighted by atomic mass is 10.2. The molecular formula is C20H27N3O4. The Morgan fingerprint density at radius 1 is 1.19 bits per heavy atom. The predicted octanol–water partition coefficient (Wildman–Crippen LogP) is 3.07. The molecule has 0 saturated heterocycles. The zero-order chi connectivity index (χ0) is 20.0. The van der Waals surface area contributed by atoms with Crippen LogP contribution in [-0.2, 0) is 21.4 Å². The zero-order valence-electron chi connectivity index (χ0n) is 16.5. The Hall–Kier alpha value is -2.83. The highest BCUT2D eigenvalue weighted by atomic mass is 16.5. The Balaban J connectivity index is 1.72. The fourth-order valence-corrected chi connectivity index (χ4v) is 2.53. The fraction of sp³-hybridized carbons (Fsp3) is 0.450. The van der Waals surface area contributed by atoms with E-state index in [1.165, 1.54) is 0 Å². The van der Waals surface area contributed by atoms with Gasteiger partial charge in [0, 0.05) is 13.5 Å². The number of anilines is 1. The van der Waals surface area contributed by atoms with Crippen molar-refractivity contribution in [3.63, 3.8) is 0 Å². The molecule has 2 rings (SSSR count). The van der Waals surface area contributed by atoms with Crippen LogP contribution in [0.15, 0.2) is 24.3 Å². The first-order valence-electron chi connectivity index (χ1n) is 8.98. The molecule has 1 amide bonds. The summed E-state index contributed by atoms with van der Waals surface area (Å²) in [5, 5.41) is 7.02. The van der Waals surface area contributed by atoms with E-state index in [1.54, 1.807) is 18.7 Å². The molecule has 1 aromatic heterocycles. The zero-order valence-corrected chi connectivity index (χ0v) is 16.5. The van der Waals surface area contributed by atoms with E-state index in [0.717, 1.165) is 22.7 Å². The molecule has 0 aliphatic carbocycles. The maximum Gasteiger partial charge on any atom is 0.306 e. The molecule has 0 bridgehead atoms. The molecule has 0 saturated carbocycles. The van der Waals surface area contributed by atoms with Gasteiger partial charge < -0.3 is 14.8 Å². The summed E-state index contributed by atoms with van der Waals surface area (Å²) < 4.78 is 12.5. The van der Waals surface area contributed by atoms with Crippen LogP contribution < -0.4 is 10.1 Å². The number of aromatic nitrogens is 2. The van der Waals surface area contributed by atoms with Crippen LogP contribution in [0.4, 0.5) is 5.69 Å². The summed E-state index contributed by atoms with van der Waals surface area (Å²) in [6.07, 6.45) is -0.175. The molecule has 146 valence electrons. The first kappa shape index (κ1) is 20.5. The third-order valence-electron chi connectivity index (χ3n) is 4.25. The van der Waals surface area contributed by atoms with Crippen LogP contribution in [0.2, 0.25) is 0 Å². The smallest absolute Gasteiger partial charge is 0.306 e. The molecule has 7 heteroatoms. The van der Waals surface area contributed by atoms with E-state index in [4.69, 9.17) is 9.47 Å². The number of hydrogen-bond donors (Lipinski definition) is 1. The second-order valence-corrected chi connectivity index (χ2v) is 6.56. The van der Waals surface area contributed by atoms with Crippen molar-refractivity contribution in [3.05, 3.63) is 41.2 Å². The number of nitrogens with one attached hydrogen (secondary N) is 1. The van der Waals surface area contributed by atoms with Crippen molar-refractivity contribution in [1.29, 1.82) is 0 Å². The number of carbonyl (C=O) groups is 2. The summed E-state index contributed by atoms with van der Waals surface area (Å²) in [6, 6.07) is 7.72. The second kappa shape index (κ2) is 9.21. The van der Waals surface area contributed by atoms with E-state index in [9.17, 15) is 9.59 Å². The largest absolute Gasteiger partial charge is 0.494 e. The first-order chi connectivity index (χ1) is 12.8. The molecule has 2 aromatic rings. The first-order valence-corrected chi connectivity index (χ1v) is 8.98. The molecule has 0 radical (unpaired) electrons. The van der Waals surface area contributed by atoms with Gasteiger partial charge >= 0.3 is 5.97 Å². The van der Waals surface area contributed by atoms with Gasteiger partial charge in [-0.2, -0.15) is 5.10 Å². The van der Waals surface area contributed by atoms with Gasteiger partial charge in [0.2, 0.25) is 0 Å². The van der Waals surface area contributed by atoms with E-state index < -0.39 is 12.1 Å². The van der Waals surface area contributed by atoms with Crippen molar-refractivity contribution in [1.82, 2.24) is 9.78 Å². The highest BCUT2D eigenvalue weighted by Crippen LogP contribution is 2.19. The molecule has 0 fully saturated rings. The van der Waals surface area contributed by atoms with Gasteiger partial charge in [0.1, 0.15) is 5.75 Å². The maximum atomic E-state index is 12.3. The second-order valence-electron chi connectivity index (χ2n) is 6.56. The predicted molar refractivity (Wildman–Crippen MR) is 103 cm³/mol. The quantitative estimate of drug-likeness (QED) is 0.568. The van der Waals surface area contributed by atoms with Crippen LogP contribution in [0.5, 0.6) is 5.75 Å². The Kier molecular flexibility index (Phi) is 6.98.